The van der Waals surface area contributed by atoms with Gasteiger partial charge in [0.25, 0.3) is 0 Å². The van der Waals surface area contributed by atoms with Crippen LogP contribution in [-0.4, -0.2) is 46.7 Å². The number of likely N-dealkylation sites (tertiary alicyclic amines) is 1. The van der Waals surface area contributed by atoms with E-state index in [9.17, 15) is 4.79 Å². The molecule has 0 saturated carbocycles. The number of hydrogen-bond donors (Lipinski definition) is 2. The molecule has 6 nitrogen and oxygen atoms in total. The Hall–Kier alpha value is -2.34. The summed E-state index contributed by atoms with van der Waals surface area (Å²) in [5, 5.41) is 5.93. The summed E-state index contributed by atoms with van der Waals surface area (Å²) in [5.74, 6) is 1.87. The lowest BCUT2D eigenvalue weighted by atomic mass is 9.99. The summed E-state index contributed by atoms with van der Waals surface area (Å²) in [4.78, 5) is 18.8. The van der Waals surface area contributed by atoms with Gasteiger partial charge >= 0.3 is 6.03 Å². The van der Waals surface area contributed by atoms with E-state index in [2.05, 4.69) is 44.1 Å². The van der Waals surface area contributed by atoms with E-state index in [1.54, 1.807) is 0 Å². The third kappa shape index (κ3) is 6.37. The largest absolute Gasteiger partial charge is 0.338 e. The topological polar surface area (TPSA) is 62.2 Å². The molecular weight excluding hydrogens is 350 g/mol. The van der Waals surface area contributed by atoms with Crippen molar-refractivity contribution in [2.45, 2.75) is 46.2 Å². The highest BCUT2D eigenvalue weighted by Crippen LogP contribution is 2.15. The molecule has 0 unspecified atom stereocenters. The lowest BCUT2D eigenvalue weighted by Gasteiger charge is -2.30. The molecule has 0 atom stereocenters. The van der Waals surface area contributed by atoms with Crippen LogP contribution in [0.3, 0.4) is 0 Å². The molecule has 28 heavy (non-hydrogen) atoms. The van der Waals surface area contributed by atoms with E-state index < -0.39 is 0 Å². The van der Waals surface area contributed by atoms with Crippen LogP contribution in [-0.2, 0) is 13.1 Å². The molecule has 2 N–H and O–H groups in total. The van der Waals surface area contributed by atoms with Crippen LogP contribution in [0.5, 0.6) is 0 Å². The van der Waals surface area contributed by atoms with E-state index >= 15 is 0 Å². The first kappa shape index (κ1) is 20.4. The van der Waals surface area contributed by atoms with Gasteiger partial charge in [-0.05, 0) is 62.9 Å². The SMILES string of the molecule is Cc1nccn1Cc1cccc(CNC(=O)NCCCN2CCC(C)CC2)c1. The molecule has 6 heteroatoms. The van der Waals surface area contributed by atoms with Crippen molar-refractivity contribution in [3.05, 3.63) is 53.6 Å². The fourth-order valence-corrected chi connectivity index (χ4v) is 3.64. The number of amides is 2. The summed E-state index contributed by atoms with van der Waals surface area (Å²) in [7, 11) is 0. The number of imidazole rings is 1. The first-order valence-corrected chi connectivity index (χ1v) is 10.4. The van der Waals surface area contributed by atoms with Gasteiger partial charge in [-0.15, -0.1) is 0 Å². The molecule has 3 rings (SSSR count). The van der Waals surface area contributed by atoms with E-state index in [1.165, 1.54) is 31.5 Å². The number of hydrogen-bond acceptors (Lipinski definition) is 3. The van der Waals surface area contributed by atoms with Gasteiger partial charge in [0.1, 0.15) is 5.82 Å². The number of nitrogens with one attached hydrogen (secondary N) is 2. The first-order chi connectivity index (χ1) is 13.6. The number of piperidine rings is 1. The van der Waals surface area contributed by atoms with Crippen LogP contribution < -0.4 is 10.6 Å². The maximum Gasteiger partial charge on any atom is 0.315 e. The van der Waals surface area contributed by atoms with E-state index in [-0.39, 0.29) is 6.03 Å². The number of nitrogens with zero attached hydrogens (tertiary/aromatic N) is 3. The van der Waals surface area contributed by atoms with Crippen molar-refractivity contribution < 1.29 is 4.79 Å². The number of rotatable bonds is 8. The number of carbonyl (C=O) groups is 1. The number of benzene rings is 1. The van der Waals surface area contributed by atoms with E-state index in [1.807, 2.05) is 31.5 Å². The summed E-state index contributed by atoms with van der Waals surface area (Å²) in [6, 6.07) is 8.22. The van der Waals surface area contributed by atoms with Crippen molar-refractivity contribution in [2.75, 3.05) is 26.2 Å². The zero-order chi connectivity index (χ0) is 19.8. The average molecular weight is 384 g/mol. The highest BCUT2D eigenvalue weighted by molar-refractivity contribution is 5.73. The van der Waals surface area contributed by atoms with Gasteiger partial charge in [0.2, 0.25) is 0 Å². The monoisotopic (exact) mass is 383 g/mol. The highest BCUT2D eigenvalue weighted by Gasteiger charge is 2.14. The number of carbonyl (C=O) groups excluding carboxylic acids is 1. The number of aromatic nitrogens is 2. The Labute approximate surface area is 168 Å². The highest BCUT2D eigenvalue weighted by atomic mass is 16.2. The predicted molar refractivity (Wildman–Crippen MR) is 112 cm³/mol. The summed E-state index contributed by atoms with van der Waals surface area (Å²) in [6.45, 7) is 9.85. The Balaban J connectivity index is 1.34. The molecule has 1 aliphatic rings. The van der Waals surface area contributed by atoms with Gasteiger partial charge in [0.05, 0.1) is 0 Å². The molecular formula is C22H33N5O. The molecule has 1 aliphatic heterocycles. The van der Waals surface area contributed by atoms with E-state index in [0.29, 0.717) is 6.54 Å². The van der Waals surface area contributed by atoms with E-state index in [4.69, 9.17) is 0 Å². The minimum absolute atomic E-state index is 0.0943. The molecule has 2 aromatic rings. The van der Waals surface area contributed by atoms with Gasteiger partial charge in [-0.2, -0.15) is 0 Å². The fraction of sp³-hybridized carbons (Fsp3) is 0.545. The van der Waals surface area contributed by atoms with Gasteiger partial charge in [0, 0.05) is 32.0 Å². The van der Waals surface area contributed by atoms with E-state index in [0.717, 1.165) is 43.4 Å². The molecule has 0 radical (unpaired) electrons. The molecule has 0 spiro atoms. The summed E-state index contributed by atoms with van der Waals surface area (Å²) in [6.07, 6.45) is 7.40. The Kier molecular flexibility index (Phi) is 7.48. The first-order valence-electron chi connectivity index (χ1n) is 10.4. The predicted octanol–water partition coefficient (Wildman–Crippen LogP) is 3.16. The van der Waals surface area contributed by atoms with Crippen molar-refractivity contribution in [3.63, 3.8) is 0 Å². The van der Waals surface area contributed by atoms with Gasteiger partial charge in [-0.3, -0.25) is 0 Å². The molecule has 1 saturated heterocycles. The van der Waals surface area contributed by atoms with Crippen molar-refractivity contribution in [2.24, 2.45) is 5.92 Å². The number of aryl methyl sites for hydroxylation is 1. The van der Waals surface area contributed by atoms with Crippen LogP contribution in [0.1, 0.15) is 43.1 Å². The molecule has 2 amide bonds. The third-order valence-electron chi connectivity index (χ3n) is 5.53. The fourth-order valence-electron chi connectivity index (χ4n) is 3.64. The van der Waals surface area contributed by atoms with Gasteiger partial charge < -0.3 is 20.1 Å². The smallest absolute Gasteiger partial charge is 0.315 e. The van der Waals surface area contributed by atoms with Crippen LogP contribution in [0.2, 0.25) is 0 Å². The molecule has 0 aliphatic carbocycles. The van der Waals surface area contributed by atoms with Crippen molar-refractivity contribution >= 4 is 6.03 Å². The van der Waals surface area contributed by atoms with Crippen molar-refractivity contribution in [1.82, 2.24) is 25.1 Å². The molecule has 1 aromatic carbocycles. The minimum Gasteiger partial charge on any atom is -0.338 e. The van der Waals surface area contributed by atoms with Crippen LogP contribution in [0.15, 0.2) is 36.7 Å². The van der Waals surface area contributed by atoms with Crippen LogP contribution >= 0.6 is 0 Å². The maximum atomic E-state index is 12.0. The Bertz CT molecular complexity index is 749. The minimum atomic E-state index is -0.0943. The summed E-state index contributed by atoms with van der Waals surface area (Å²) >= 11 is 0. The average Bonchev–Trinajstić information content (AvgIpc) is 3.10. The van der Waals surface area contributed by atoms with Crippen LogP contribution in [0.4, 0.5) is 4.79 Å². The summed E-state index contributed by atoms with van der Waals surface area (Å²) in [5.41, 5.74) is 2.31. The van der Waals surface area contributed by atoms with Crippen molar-refractivity contribution in [1.29, 1.82) is 0 Å². The van der Waals surface area contributed by atoms with Gasteiger partial charge in [0.15, 0.2) is 0 Å². The van der Waals surface area contributed by atoms with Crippen LogP contribution in [0, 0.1) is 12.8 Å². The van der Waals surface area contributed by atoms with Crippen molar-refractivity contribution in [3.8, 4) is 0 Å². The normalized spacial score (nSPS) is 15.5. The third-order valence-corrected chi connectivity index (χ3v) is 5.53. The van der Waals surface area contributed by atoms with Gasteiger partial charge in [-0.25, -0.2) is 9.78 Å². The molecule has 152 valence electrons. The molecule has 1 aromatic heterocycles. The standard InChI is InChI=1S/C22H33N5O/c1-18-7-12-26(13-8-18)11-4-9-24-22(28)25-16-20-5-3-6-21(15-20)17-27-14-10-23-19(27)2/h3,5-6,10,14-15,18H,4,7-9,11-13,16-17H2,1-2H3,(H2,24,25,28). The second-order valence-corrected chi connectivity index (χ2v) is 7.91. The van der Waals surface area contributed by atoms with Crippen LogP contribution in [0.25, 0.3) is 0 Å². The second kappa shape index (κ2) is 10.3. The zero-order valence-electron chi connectivity index (χ0n) is 17.2. The zero-order valence-corrected chi connectivity index (χ0v) is 17.2. The lowest BCUT2D eigenvalue weighted by Crippen LogP contribution is -2.38. The lowest BCUT2D eigenvalue weighted by molar-refractivity contribution is 0.190. The molecule has 0 bridgehead atoms. The van der Waals surface area contributed by atoms with Gasteiger partial charge in [-0.1, -0.05) is 31.2 Å². The second-order valence-electron chi connectivity index (χ2n) is 7.91. The Morgan fingerprint density at radius 2 is 2.00 bits per heavy atom. The quantitative estimate of drug-likeness (QED) is 0.689. The maximum absolute atomic E-state index is 12.0. The summed E-state index contributed by atoms with van der Waals surface area (Å²) < 4.78 is 2.11. The number of urea groups is 1. The molecule has 1 fully saturated rings. The molecule has 2 heterocycles. The Morgan fingerprint density at radius 1 is 1.21 bits per heavy atom. The Morgan fingerprint density at radius 3 is 2.75 bits per heavy atom.